The van der Waals surface area contributed by atoms with Crippen molar-refractivity contribution in [1.82, 2.24) is 0 Å². The van der Waals surface area contributed by atoms with E-state index in [4.69, 9.17) is 18.5 Å². The molecular weight excluding hydrogens is 798 g/mol. The number of nitrogens with zero attached hydrogens (tertiary/aromatic N) is 1. The maximum absolute atomic E-state index is 12.7. The van der Waals surface area contributed by atoms with Crippen LogP contribution in [0.5, 0.6) is 0 Å². The molecule has 0 aromatic carbocycles. The number of allylic oxidation sites excluding steroid dienone is 14. The van der Waals surface area contributed by atoms with Crippen molar-refractivity contribution in [3.63, 3.8) is 0 Å². The van der Waals surface area contributed by atoms with Gasteiger partial charge in [-0.3, -0.25) is 18.6 Å². The number of carbonyl (C=O) groups excluding carboxylic acids is 2. The van der Waals surface area contributed by atoms with Gasteiger partial charge in [0.15, 0.2) is 6.10 Å². The predicted octanol–water partition coefficient (Wildman–Crippen LogP) is 14.4. The quantitative estimate of drug-likeness (QED) is 0.0212. The second-order valence-corrected chi connectivity index (χ2v) is 18.6. The molecule has 2 atom stereocenters. The molecule has 0 aliphatic carbocycles. The van der Waals surface area contributed by atoms with Gasteiger partial charge in [-0.1, -0.05) is 170 Å². The molecule has 62 heavy (non-hydrogen) atoms. The van der Waals surface area contributed by atoms with Crippen molar-refractivity contribution in [2.24, 2.45) is 0 Å². The van der Waals surface area contributed by atoms with Gasteiger partial charge in [-0.2, -0.15) is 0 Å². The first-order valence-electron chi connectivity index (χ1n) is 24.3. The third kappa shape index (κ3) is 46.7. The lowest BCUT2D eigenvalue weighted by molar-refractivity contribution is -0.870. The van der Waals surface area contributed by atoms with E-state index in [1.165, 1.54) is 83.5 Å². The highest BCUT2D eigenvalue weighted by molar-refractivity contribution is 7.47. The van der Waals surface area contributed by atoms with Gasteiger partial charge < -0.3 is 18.9 Å². The zero-order valence-electron chi connectivity index (χ0n) is 40.1. The van der Waals surface area contributed by atoms with Crippen LogP contribution in [0.2, 0.25) is 0 Å². The van der Waals surface area contributed by atoms with Crippen LogP contribution in [0.1, 0.15) is 181 Å². The van der Waals surface area contributed by atoms with Crippen molar-refractivity contribution in [2.75, 3.05) is 47.5 Å². The van der Waals surface area contributed by atoms with Crippen molar-refractivity contribution in [3.8, 4) is 0 Å². The monoisotopic (exact) mass is 889 g/mol. The Hall–Kier alpha value is -2.81. The lowest BCUT2D eigenvalue weighted by Gasteiger charge is -2.24. The highest BCUT2D eigenvalue weighted by atomic mass is 31.2. The van der Waals surface area contributed by atoms with Crippen molar-refractivity contribution in [1.29, 1.82) is 0 Å². The fraction of sp³-hybridized carbons (Fsp3) is 0.692. The number of hydrogen-bond donors (Lipinski definition) is 1. The van der Waals surface area contributed by atoms with E-state index in [9.17, 15) is 19.0 Å². The molecular formula is C52H91NO8P+. The third-order valence-corrected chi connectivity index (χ3v) is 10.9. The molecule has 0 radical (unpaired) electrons. The van der Waals surface area contributed by atoms with Gasteiger partial charge >= 0.3 is 19.8 Å². The average Bonchev–Trinajstić information content (AvgIpc) is 3.23. The van der Waals surface area contributed by atoms with Crippen LogP contribution in [0.15, 0.2) is 85.1 Å². The van der Waals surface area contributed by atoms with E-state index in [-0.39, 0.29) is 26.1 Å². The van der Waals surface area contributed by atoms with Gasteiger partial charge in [0.05, 0.1) is 27.7 Å². The minimum atomic E-state index is -4.40. The van der Waals surface area contributed by atoms with Crippen molar-refractivity contribution in [3.05, 3.63) is 85.1 Å². The number of esters is 2. The molecule has 0 aliphatic heterocycles. The Balaban J connectivity index is 4.43. The fourth-order valence-electron chi connectivity index (χ4n) is 6.08. The van der Waals surface area contributed by atoms with Crippen LogP contribution in [0.3, 0.4) is 0 Å². The average molecular weight is 889 g/mol. The standard InChI is InChI=1S/C52H90NO8P/c1-6-8-10-12-14-16-18-20-22-24-26-28-30-32-34-36-38-40-42-44-51(54)58-48-50(49-60-62(56,57)59-47-46-53(3,4)5)61-52(55)45-43-41-39-37-35-33-31-29-27-25-23-21-19-17-15-13-11-9-7-2/h14-17,20-23,27,29,33,35,39,41,50H,6-13,18-19,24-26,28,30-32,34,36-38,40,42-49H2,1-5H3/p+1/b16-14+,17-15+,22-20+,23-21+,29-27+,35-33+,41-39+/t50-/m1/s1. The zero-order chi connectivity index (χ0) is 45.7. The highest BCUT2D eigenvalue weighted by Gasteiger charge is 2.27. The Bertz CT molecular complexity index is 1330. The van der Waals surface area contributed by atoms with E-state index >= 15 is 0 Å². The van der Waals surface area contributed by atoms with E-state index in [2.05, 4.69) is 86.8 Å². The summed E-state index contributed by atoms with van der Waals surface area (Å²) in [5, 5.41) is 0. The zero-order valence-corrected chi connectivity index (χ0v) is 41.0. The second kappa shape index (κ2) is 43.4. The molecule has 0 bridgehead atoms. The Morgan fingerprint density at radius 2 is 0.903 bits per heavy atom. The Morgan fingerprint density at radius 1 is 0.500 bits per heavy atom. The van der Waals surface area contributed by atoms with E-state index < -0.39 is 32.5 Å². The topological polar surface area (TPSA) is 108 Å². The fourth-order valence-corrected chi connectivity index (χ4v) is 6.83. The summed E-state index contributed by atoms with van der Waals surface area (Å²) in [5.74, 6) is -0.904. The maximum Gasteiger partial charge on any atom is 0.472 e. The third-order valence-electron chi connectivity index (χ3n) is 9.91. The Morgan fingerprint density at radius 3 is 1.35 bits per heavy atom. The van der Waals surface area contributed by atoms with Crippen LogP contribution < -0.4 is 0 Å². The number of rotatable bonds is 43. The van der Waals surface area contributed by atoms with Crippen LogP contribution in [0, 0.1) is 0 Å². The second-order valence-electron chi connectivity index (χ2n) is 17.1. The molecule has 0 rings (SSSR count). The molecule has 9 nitrogen and oxygen atoms in total. The van der Waals surface area contributed by atoms with Gasteiger partial charge in [-0.15, -0.1) is 0 Å². The molecule has 0 saturated carbocycles. The van der Waals surface area contributed by atoms with Gasteiger partial charge in [0.1, 0.15) is 19.8 Å². The molecule has 356 valence electrons. The molecule has 0 aromatic heterocycles. The SMILES string of the molecule is CCCCC/C=C/C/C=C/C/C=C/C/C=C/C/C=C/CCC(=O)O[C@H](COC(=O)CCCCCCCCCCC/C=C/C/C=C/CCCCC)COP(=O)(O)OCC[N+](C)(C)C. The molecule has 1 N–H and O–H groups in total. The summed E-state index contributed by atoms with van der Waals surface area (Å²) in [6, 6.07) is 0. The van der Waals surface area contributed by atoms with Crippen molar-refractivity contribution >= 4 is 19.8 Å². The predicted molar refractivity (Wildman–Crippen MR) is 261 cm³/mol. The van der Waals surface area contributed by atoms with Gasteiger partial charge in [0.25, 0.3) is 0 Å². The van der Waals surface area contributed by atoms with E-state index in [0.717, 1.165) is 64.2 Å². The lowest BCUT2D eigenvalue weighted by Crippen LogP contribution is -2.37. The van der Waals surface area contributed by atoms with E-state index in [0.29, 0.717) is 17.4 Å². The molecule has 0 spiro atoms. The van der Waals surface area contributed by atoms with Crippen LogP contribution >= 0.6 is 7.82 Å². The summed E-state index contributed by atoms with van der Waals surface area (Å²) >= 11 is 0. The van der Waals surface area contributed by atoms with E-state index in [1.807, 2.05) is 33.3 Å². The minimum Gasteiger partial charge on any atom is -0.462 e. The number of carbonyl (C=O) groups is 2. The summed E-state index contributed by atoms with van der Waals surface area (Å²) in [6.45, 7) is 4.27. The summed E-state index contributed by atoms with van der Waals surface area (Å²) in [7, 11) is 1.42. The molecule has 0 fully saturated rings. The van der Waals surface area contributed by atoms with Crippen LogP contribution in [-0.2, 0) is 32.7 Å². The smallest absolute Gasteiger partial charge is 0.462 e. The lowest BCUT2D eigenvalue weighted by atomic mass is 10.1. The van der Waals surface area contributed by atoms with Crippen molar-refractivity contribution in [2.45, 2.75) is 187 Å². The molecule has 0 aliphatic rings. The number of quaternary nitrogens is 1. The molecule has 0 saturated heterocycles. The number of phosphoric acid groups is 1. The number of hydrogen-bond acceptors (Lipinski definition) is 7. The number of phosphoric ester groups is 1. The molecule has 1 unspecified atom stereocenters. The normalized spacial score (nSPS) is 14.2. The first kappa shape index (κ1) is 59.2. The Labute approximate surface area is 380 Å². The summed E-state index contributed by atoms with van der Waals surface area (Å²) in [5.41, 5.74) is 0. The van der Waals surface area contributed by atoms with Crippen LogP contribution in [-0.4, -0.2) is 74.9 Å². The van der Waals surface area contributed by atoms with E-state index in [1.54, 1.807) is 0 Å². The van der Waals surface area contributed by atoms with Gasteiger partial charge in [-0.05, 0) is 83.5 Å². The first-order chi connectivity index (χ1) is 30.0. The minimum absolute atomic E-state index is 0.0136. The number of likely N-dealkylation sites (N-methyl/N-ethyl adjacent to an activating group) is 1. The molecule has 0 aromatic rings. The summed E-state index contributed by atoms with van der Waals surface area (Å²) < 4.78 is 34.3. The van der Waals surface area contributed by atoms with Gasteiger partial charge in [0, 0.05) is 12.8 Å². The Kier molecular flexibility index (Phi) is 41.5. The maximum atomic E-state index is 12.7. The summed E-state index contributed by atoms with van der Waals surface area (Å²) in [4.78, 5) is 35.4. The van der Waals surface area contributed by atoms with Gasteiger partial charge in [-0.25, -0.2) is 4.57 Å². The molecule has 0 amide bonds. The number of unbranched alkanes of at least 4 members (excludes halogenated alkanes) is 15. The molecule has 0 heterocycles. The van der Waals surface area contributed by atoms with Crippen LogP contribution in [0.4, 0.5) is 0 Å². The van der Waals surface area contributed by atoms with Gasteiger partial charge in [0.2, 0.25) is 0 Å². The summed E-state index contributed by atoms with van der Waals surface area (Å²) in [6.07, 6.45) is 56.4. The highest BCUT2D eigenvalue weighted by Crippen LogP contribution is 2.43. The van der Waals surface area contributed by atoms with Crippen LogP contribution in [0.25, 0.3) is 0 Å². The first-order valence-corrected chi connectivity index (χ1v) is 25.8. The number of ether oxygens (including phenoxy) is 2. The van der Waals surface area contributed by atoms with Crippen molar-refractivity contribution < 1.29 is 42.1 Å². The largest absolute Gasteiger partial charge is 0.472 e. The molecule has 10 heteroatoms.